The topological polar surface area (TPSA) is 56.2 Å². The number of fused-ring (bicyclic) bond motifs is 1. The van der Waals surface area contributed by atoms with Crippen molar-refractivity contribution in [2.45, 2.75) is 51.5 Å². The number of aromatic nitrogens is 2. The van der Waals surface area contributed by atoms with Crippen LogP contribution in [0.4, 0.5) is 5.82 Å². The van der Waals surface area contributed by atoms with Gasteiger partial charge < -0.3 is 10.1 Å². The van der Waals surface area contributed by atoms with E-state index >= 15 is 0 Å². The summed E-state index contributed by atoms with van der Waals surface area (Å²) < 4.78 is 7.08. The first-order valence-electron chi connectivity index (χ1n) is 7.80. The van der Waals surface area contributed by atoms with Gasteiger partial charge in [0.2, 0.25) is 0 Å². The molecule has 0 radical (unpaired) electrons. The summed E-state index contributed by atoms with van der Waals surface area (Å²) in [6.45, 7) is 3.17. The van der Waals surface area contributed by atoms with Crippen LogP contribution in [-0.4, -0.2) is 28.9 Å². The minimum Gasteiger partial charge on any atom is -0.461 e. The van der Waals surface area contributed by atoms with Crippen LogP contribution in [-0.2, 0) is 4.74 Å². The molecule has 3 rings (SSSR count). The second-order valence-electron chi connectivity index (χ2n) is 5.76. The number of rotatable bonds is 3. The van der Waals surface area contributed by atoms with Crippen molar-refractivity contribution in [3.05, 3.63) is 11.8 Å². The third-order valence-corrected chi connectivity index (χ3v) is 4.47. The van der Waals surface area contributed by atoms with E-state index < -0.39 is 0 Å². The molecule has 5 nitrogen and oxygen atoms in total. The number of ether oxygens (including phenoxy) is 1. The molecule has 110 valence electrons. The fourth-order valence-electron chi connectivity index (χ4n) is 3.51. The molecule has 2 aliphatic rings. The van der Waals surface area contributed by atoms with Crippen molar-refractivity contribution in [2.75, 3.05) is 18.5 Å². The Morgan fingerprint density at radius 2 is 2.20 bits per heavy atom. The lowest BCUT2D eigenvalue weighted by Gasteiger charge is -2.34. The lowest BCUT2D eigenvalue weighted by molar-refractivity contribution is 0.0517. The average Bonchev–Trinajstić information content (AvgIpc) is 2.92. The van der Waals surface area contributed by atoms with Gasteiger partial charge in [0.25, 0.3) is 0 Å². The maximum Gasteiger partial charge on any atom is 0.358 e. The quantitative estimate of drug-likeness (QED) is 0.863. The number of carbonyl (C=O) groups excluding carboxylic acids is 1. The van der Waals surface area contributed by atoms with Gasteiger partial charge in [0.15, 0.2) is 5.69 Å². The summed E-state index contributed by atoms with van der Waals surface area (Å²) in [4.78, 5) is 11.8. The monoisotopic (exact) mass is 277 g/mol. The lowest BCUT2D eigenvalue weighted by Crippen LogP contribution is -2.30. The van der Waals surface area contributed by atoms with E-state index in [0.717, 1.165) is 18.8 Å². The molecule has 0 bridgehead atoms. The van der Waals surface area contributed by atoms with E-state index in [2.05, 4.69) is 10.4 Å². The van der Waals surface area contributed by atoms with Gasteiger partial charge >= 0.3 is 5.97 Å². The van der Waals surface area contributed by atoms with Crippen molar-refractivity contribution in [1.29, 1.82) is 0 Å². The Morgan fingerprint density at radius 3 is 2.95 bits per heavy atom. The number of hydrogen-bond acceptors (Lipinski definition) is 4. The average molecular weight is 277 g/mol. The molecule has 0 saturated heterocycles. The Balaban J connectivity index is 1.82. The molecule has 1 aromatic heterocycles. The smallest absolute Gasteiger partial charge is 0.358 e. The standard InChI is InChI=1S/C15H23N3O2/c1-2-20-15(19)12-10-14-16-9-8-13(18(14)17-12)11-6-4-3-5-7-11/h10-11,13,16H,2-9H2,1H3. The molecule has 0 amide bonds. The van der Waals surface area contributed by atoms with Gasteiger partial charge in [-0.3, -0.25) is 0 Å². The Kier molecular flexibility index (Phi) is 3.94. The predicted molar refractivity (Wildman–Crippen MR) is 76.9 cm³/mol. The van der Waals surface area contributed by atoms with Crippen LogP contribution in [0, 0.1) is 5.92 Å². The van der Waals surface area contributed by atoms with Gasteiger partial charge in [0.05, 0.1) is 12.6 Å². The molecule has 1 saturated carbocycles. The van der Waals surface area contributed by atoms with Crippen molar-refractivity contribution >= 4 is 11.8 Å². The number of hydrogen-bond donors (Lipinski definition) is 1. The lowest BCUT2D eigenvalue weighted by atomic mass is 9.82. The van der Waals surface area contributed by atoms with Crippen LogP contribution in [0.2, 0.25) is 0 Å². The summed E-state index contributed by atoms with van der Waals surface area (Å²) in [6.07, 6.45) is 7.70. The van der Waals surface area contributed by atoms with Crippen molar-refractivity contribution in [1.82, 2.24) is 9.78 Å². The zero-order valence-electron chi connectivity index (χ0n) is 12.1. The highest BCUT2D eigenvalue weighted by molar-refractivity contribution is 5.88. The molecule has 0 spiro atoms. The first-order valence-corrected chi connectivity index (χ1v) is 7.80. The van der Waals surface area contributed by atoms with Crippen molar-refractivity contribution < 1.29 is 9.53 Å². The molecular formula is C15H23N3O2. The van der Waals surface area contributed by atoms with Crippen LogP contribution in [0.1, 0.15) is 62.0 Å². The van der Waals surface area contributed by atoms with Crippen LogP contribution in [0.15, 0.2) is 6.07 Å². The predicted octanol–water partition coefficient (Wildman–Crippen LogP) is 3.00. The molecule has 20 heavy (non-hydrogen) atoms. The highest BCUT2D eigenvalue weighted by Gasteiger charge is 2.30. The molecule has 1 aromatic rings. The molecule has 0 aromatic carbocycles. The molecule has 1 aliphatic carbocycles. The van der Waals surface area contributed by atoms with Gasteiger partial charge in [-0.2, -0.15) is 5.10 Å². The van der Waals surface area contributed by atoms with E-state index in [1.807, 2.05) is 17.7 Å². The van der Waals surface area contributed by atoms with E-state index in [1.54, 1.807) is 0 Å². The summed E-state index contributed by atoms with van der Waals surface area (Å²) in [5.41, 5.74) is 0.428. The molecule has 1 aliphatic heterocycles. The number of esters is 1. The molecule has 1 unspecified atom stereocenters. The van der Waals surface area contributed by atoms with E-state index in [9.17, 15) is 4.79 Å². The Bertz CT molecular complexity index is 477. The number of nitrogens with zero attached hydrogens (tertiary/aromatic N) is 2. The summed E-state index contributed by atoms with van der Waals surface area (Å²) in [7, 11) is 0. The normalized spacial score (nSPS) is 22.9. The van der Waals surface area contributed by atoms with Crippen LogP contribution < -0.4 is 5.32 Å². The molecular weight excluding hydrogens is 254 g/mol. The fraction of sp³-hybridized carbons (Fsp3) is 0.733. The molecule has 1 fully saturated rings. The molecule has 1 N–H and O–H groups in total. The van der Waals surface area contributed by atoms with Crippen LogP contribution in [0.25, 0.3) is 0 Å². The minimum atomic E-state index is -0.321. The number of nitrogens with one attached hydrogen (secondary N) is 1. The second-order valence-corrected chi connectivity index (χ2v) is 5.76. The van der Waals surface area contributed by atoms with Gasteiger partial charge in [0.1, 0.15) is 5.82 Å². The third-order valence-electron chi connectivity index (χ3n) is 4.47. The number of anilines is 1. The third kappa shape index (κ3) is 2.53. The minimum absolute atomic E-state index is 0.321. The van der Waals surface area contributed by atoms with Gasteiger partial charge in [-0.1, -0.05) is 19.3 Å². The number of carbonyl (C=O) groups is 1. The second kappa shape index (κ2) is 5.85. The van der Waals surface area contributed by atoms with E-state index in [1.165, 1.54) is 32.1 Å². The van der Waals surface area contributed by atoms with Crippen molar-refractivity contribution in [3.8, 4) is 0 Å². The molecule has 1 atom stereocenters. The van der Waals surface area contributed by atoms with Crippen molar-refractivity contribution in [3.63, 3.8) is 0 Å². The van der Waals surface area contributed by atoms with E-state index in [4.69, 9.17) is 4.74 Å². The summed E-state index contributed by atoms with van der Waals surface area (Å²) >= 11 is 0. The first kappa shape index (κ1) is 13.5. The fourth-order valence-corrected chi connectivity index (χ4v) is 3.51. The summed E-state index contributed by atoms with van der Waals surface area (Å²) in [5.74, 6) is 1.35. The maximum absolute atomic E-state index is 11.8. The van der Waals surface area contributed by atoms with E-state index in [0.29, 0.717) is 24.3 Å². The SMILES string of the molecule is CCOC(=O)c1cc2n(n1)C(C1CCCCC1)CCN2. The van der Waals surface area contributed by atoms with Gasteiger partial charge in [0, 0.05) is 12.6 Å². The Morgan fingerprint density at radius 1 is 1.40 bits per heavy atom. The van der Waals surface area contributed by atoms with Gasteiger partial charge in [-0.25, -0.2) is 9.48 Å². The van der Waals surface area contributed by atoms with Crippen LogP contribution >= 0.6 is 0 Å². The maximum atomic E-state index is 11.8. The van der Waals surface area contributed by atoms with Crippen LogP contribution in [0.3, 0.4) is 0 Å². The van der Waals surface area contributed by atoms with Gasteiger partial charge in [-0.15, -0.1) is 0 Å². The highest BCUT2D eigenvalue weighted by atomic mass is 16.5. The van der Waals surface area contributed by atoms with Gasteiger partial charge in [-0.05, 0) is 32.1 Å². The first-order chi connectivity index (χ1) is 9.79. The van der Waals surface area contributed by atoms with Crippen molar-refractivity contribution in [2.24, 2.45) is 5.92 Å². The Labute approximate surface area is 119 Å². The van der Waals surface area contributed by atoms with E-state index in [-0.39, 0.29) is 5.97 Å². The van der Waals surface area contributed by atoms with Crippen LogP contribution in [0.5, 0.6) is 0 Å². The summed E-state index contributed by atoms with van der Waals surface area (Å²) in [5, 5.41) is 7.85. The zero-order valence-corrected chi connectivity index (χ0v) is 12.1. The zero-order chi connectivity index (χ0) is 13.9. The largest absolute Gasteiger partial charge is 0.461 e. The summed E-state index contributed by atoms with van der Waals surface area (Å²) in [6, 6.07) is 2.27. The molecule has 5 heteroatoms. The highest BCUT2D eigenvalue weighted by Crippen LogP contribution is 2.38. The molecule has 2 heterocycles. The Hall–Kier alpha value is -1.52.